The predicted molar refractivity (Wildman–Crippen MR) is 56.3 cm³/mol. The quantitative estimate of drug-likeness (QED) is 0.631. The van der Waals surface area contributed by atoms with Crippen molar-refractivity contribution in [1.29, 1.82) is 0 Å². The van der Waals surface area contributed by atoms with E-state index in [1.807, 2.05) is 16.7 Å². The first kappa shape index (κ1) is 10.3. The number of carbonyl (C=O) groups excluding carboxylic acids is 1. The summed E-state index contributed by atoms with van der Waals surface area (Å²) in [5.41, 5.74) is 0. The predicted octanol–water partition coefficient (Wildman–Crippen LogP) is -0.858. The molecule has 1 unspecified atom stereocenters. The molecule has 1 atom stereocenters. The molecule has 14 heavy (non-hydrogen) atoms. The lowest BCUT2D eigenvalue weighted by Crippen LogP contribution is -2.58. The zero-order chi connectivity index (χ0) is 9.97. The van der Waals surface area contributed by atoms with Crippen molar-refractivity contribution in [1.82, 2.24) is 10.2 Å². The van der Waals surface area contributed by atoms with Gasteiger partial charge < -0.3 is 15.3 Å². The summed E-state index contributed by atoms with van der Waals surface area (Å²) in [5.74, 6) is 2.51. The van der Waals surface area contributed by atoms with Crippen LogP contribution in [-0.2, 0) is 4.79 Å². The molecule has 0 aromatic rings. The van der Waals surface area contributed by atoms with Crippen molar-refractivity contribution in [2.75, 3.05) is 37.7 Å². The summed E-state index contributed by atoms with van der Waals surface area (Å²) in [6, 6.07) is 0.00777. The second-order valence-corrected chi connectivity index (χ2v) is 5.02. The van der Waals surface area contributed by atoms with E-state index in [0.717, 1.165) is 31.1 Å². The van der Waals surface area contributed by atoms with Crippen molar-refractivity contribution < 1.29 is 9.90 Å². The molecule has 0 aromatic carbocycles. The Balaban J connectivity index is 1.78. The highest BCUT2D eigenvalue weighted by Crippen LogP contribution is 2.18. The number of carbonyl (C=O) groups is 1. The minimum atomic E-state index is 0.00777. The topological polar surface area (TPSA) is 52.6 Å². The van der Waals surface area contributed by atoms with E-state index in [1.54, 1.807) is 0 Å². The summed E-state index contributed by atoms with van der Waals surface area (Å²) in [6.45, 7) is 2.60. The van der Waals surface area contributed by atoms with E-state index in [4.69, 9.17) is 5.11 Å². The molecule has 2 aliphatic heterocycles. The first-order valence-electron chi connectivity index (χ1n) is 5.02. The highest BCUT2D eigenvalue weighted by atomic mass is 32.2. The van der Waals surface area contributed by atoms with Crippen LogP contribution in [0.3, 0.4) is 0 Å². The molecule has 0 aliphatic carbocycles. The molecule has 80 valence electrons. The molecule has 0 spiro atoms. The highest BCUT2D eigenvalue weighted by Gasteiger charge is 2.34. The Bertz CT molecular complexity index is 213. The van der Waals surface area contributed by atoms with Crippen molar-refractivity contribution in [3.63, 3.8) is 0 Å². The van der Waals surface area contributed by atoms with Gasteiger partial charge in [-0.25, -0.2) is 0 Å². The van der Waals surface area contributed by atoms with Crippen LogP contribution >= 0.6 is 11.8 Å². The van der Waals surface area contributed by atoms with Crippen LogP contribution in [-0.4, -0.2) is 59.7 Å². The minimum Gasteiger partial charge on any atom is -0.396 e. The molecule has 5 heteroatoms. The molecule has 2 N–H and O–H groups in total. The van der Waals surface area contributed by atoms with Gasteiger partial charge in [-0.15, -0.1) is 0 Å². The summed E-state index contributed by atoms with van der Waals surface area (Å²) in [4.78, 5) is 13.6. The average Bonchev–Trinajstić information content (AvgIpc) is 2.17. The van der Waals surface area contributed by atoms with Crippen molar-refractivity contribution >= 4 is 17.7 Å². The van der Waals surface area contributed by atoms with E-state index >= 15 is 0 Å². The van der Waals surface area contributed by atoms with E-state index in [2.05, 4.69) is 5.32 Å². The van der Waals surface area contributed by atoms with Crippen LogP contribution in [0, 0.1) is 5.92 Å². The van der Waals surface area contributed by atoms with E-state index < -0.39 is 0 Å². The van der Waals surface area contributed by atoms with Crippen LogP contribution in [0.2, 0.25) is 0 Å². The van der Waals surface area contributed by atoms with Gasteiger partial charge in [-0.1, -0.05) is 0 Å². The standard InChI is InChI=1S/C9H16N2O2S/c12-5-7-3-11(4-7)9(13)8-6-14-2-1-10-8/h7-8,10,12H,1-6H2. The fourth-order valence-corrected chi connectivity index (χ4v) is 2.73. The number of aliphatic hydroxyl groups excluding tert-OH is 1. The third-order valence-corrected chi connectivity index (χ3v) is 3.81. The molecule has 2 rings (SSSR count). The zero-order valence-electron chi connectivity index (χ0n) is 8.11. The Morgan fingerprint density at radius 2 is 2.36 bits per heavy atom. The van der Waals surface area contributed by atoms with Crippen LogP contribution in [0.25, 0.3) is 0 Å². The number of amides is 1. The molecule has 2 saturated heterocycles. The molecular formula is C9H16N2O2S. The van der Waals surface area contributed by atoms with Crippen LogP contribution in [0.4, 0.5) is 0 Å². The Kier molecular flexibility index (Phi) is 3.30. The van der Waals surface area contributed by atoms with Crippen LogP contribution in [0.15, 0.2) is 0 Å². The first-order valence-corrected chi connectivity index (χ1v) is 6.17. The SMILES string of the molecule is O=C(C1CSCCN1)N1CC(CO)C1. The monoisotopic (exact) mass is 216 g/mol. The van der Waals surface area contributed by atoms with Gasteiger partial charge in [0, 0.05) is 43.7 Å². The normalized spacial score (nSPS) is 28.6. The Labute approximate surface area is 88.0 Å². The molecular weight excluding hydrogens is 200 g/mol. The maximum atomic E-state index is 11.8. The van der Waals surface area contributed by atoms with Gasteiger partial charge in [0.15, 0.2) is 0 Å². The van der Waals surface area contributed by atoms with Gasteiger partial charge >= 0.3 is 0 Å². The van der Waals surface area contributed by atoms with E-state index in [9.17, 15) is 4.79 Å². The van der Waals surface area contributed by atoms with Crippen molar-refractivity contribution in [3.05, 3.63) is 0 Å². The number of rotatable bonds is 2. The number of nitrogens with one attached hydrogen (secondary N) is 1. The lowest BCUT2D eigenvalue weighted by molar-refractivity contribution is -0.140. The van der Waals surface area contributed by atoms with E-state index in [1.165, 1.54) is 0 Å². The molecule has 0 saturated carbocycles. The highest BCUT2D eigenvalue weighted by molar-refractivity contribution is 7.99. The summed E-state index contributed by atoms with van der Waals surface area (Å²) >= 11 is 1.83. The maximum absolute atomic E-state index is 11.8. The maximum Gasteiger partial charge on any atom is 0.240 e. The minimum absolute atomic E-state index is 0.00777. The van der Waals surface area contributed by atoms with Gasteiger partial charge in [-0.3, -0.25) is 4.79 Å². The summed E-state index contributed by atoms with van der Waals surface area (Å²) in [5, 5.41) is 12.1. The van der Waals surface area contributed by atoms with Crippen molar-refractivity contribution in [2.24, 2.45) is 5.92 Å². The lowest BCUT2D eigenvalue weighted by Gasteiger charge is -2.40. The van der Waals surface area contributed by atoms with Gasteiger partial charge in [-0.2, -0.15) is 11.8 Å². The summed E-state index contributed by atoms with van der Waals surface area (Å²) in [6.07, 6.45) is 0. The Morgan fingerprint density at radius 3 is 2.93 bits per heavy atom. The smallest absolute Gasteiger partial charge is 0.240 e. The number of nitrogens with zero attached hydrogens (tertiary/aromatic N) is 1. The first-order chi connectivity index (χ1) is 6.81. The van der Waals surface area contributed by atoms with Gasteiger partial charge in [-0.05, 0) is 0 Å². The van der Waals surface area contributed by atoms with Crippen LogP contribution in [0.1, 0.15) is 0 Å². The average molecular weight is 216 g/mol. The lowest BCUT2D eigenvalue weighted by atomic mass is 10.0. The van der Waals surface area contributed by atoms with E-state index in [-0.39, 0.29) is 18.6 Å². The van der Waals surface area contributed by atoms with Crippen molar-refractivity contribution in [3.8, 4) is 0 Å². The number of hydrogen-bond acceptors (Lipinski definition) is 4. The second-order valence-electron chi connectivity index (χ2n) is 3.87. The largest absolute Gasteiger partial charge is 0.396 e. The van der Waals surface area contributed by atoms with Crippen molar-refractivity contribution in [2.45, 2.75) is 6.04 Å². The molecule has 0 radical (unpaired) electrons. The second kappa shape index (κ2) is 4.51. The molecule has 0 aromatic heterocycles. The molecule has 2 fully saturated rings. The third kappa shape index (κ3) is 2.04. The van der Waals surface area contributed by atoms with Gasteiger partial charge in [0.1, 0.15) is 0 Å². The zero-order valence-corrected chi connectivity index (χ0v) is 8.92. The van der Waals surface area contributed by atoms with Crippen LogP contribution in [0.5, 0.6) is 0 Å². The molecule has 2 heterocycles. The molecule has 4 nitrogen and oxygen atoms in total. The number of hydrogen-bond donors (Lipinski definition) is 2. The van der Waals surface area contributed by atoms with E-state index in [0.29, 0.717) is 5.92 Å². The Hall–Kier alpha value is -0.260. The van der Waals surface area contributed by atoms with Crippen LogP contribution < -0.4 is 5.32 Å². The molecule has 0 bridgehead atoms. The summed E-state index contributed by atoms with van der Waals surface area (Å²) in [7, 11) is 0. The molecule has 1 amide bonds. The van der Waals surface area contributed by atoms with Gasteiger partial charge in [0.2, 0.25) is 5.91 Å². The van der Waals surface area contributed by atoms with Gasteiger partial charge in [0.25, 0.3) is 0 Å². The Morgan fingerprint density at radius 1 is 1.57 bits per heavy atom. The molecule has 2 aliphatic rings. The number of thioether (sulfide) groups is 1. The fourth-order valence-electron chi connectivity index (χ4n) is 1.81. The third-order valence-electron chi connectivity index (χ3n) is 2.75. The fraction of sp³-hybridized carbons (Fsp3) is 0.889. The number of likely N-dealkylation sites (tertiary alicyclic amines) is 1. The summed E-state index contributed by atoms with van der Waals surface area (Å²) < 4.78 is 0. The number of aliphatic hydroxyl groups is 1. The van der Waals surface area contributed by atoms with Gasteiger partial charge in [0.05, 0.1) is 6.04 Å².